The Kier molecular flexibility index (Phi) is 6.24. The topological polar surface area (TPSA) is 95.7 Å². The van der Waals surface area contributed by atoms with E-state index in [1.54, 1.807) is 0 Å². The number of benzene rings is 1. The summed E-state index contributed by atoms with van der Waals surface area (Å²) in [6, 6.07) is 9.42. The van der Waals surface area contributed by atoms with Gasteiger partial charge in [-0.3, -0.25) is 14.3 Å². The summed E-state index contributed by atoms with van der Waals surface area (Å²) < 4.78 is 13.3. The fraction of sp³-hybridized carbons (Fsp3) is 0.630. The number of para-hydroxylation sites is 2. The Hall–Kier alpha value is -1.79. The van der Waals surface area contributed by atoms with Crippen LogP contribution in [0.5, 0.6) is 0 Å². The number of rotatable bonds is 4. The lowest BCUT2D eigenvalue weighted by Crippen LogP contribution is -2.58. The monoisotopic (exact) mass is 497 g/mol. The predicted octanol–water partition coefficient (Wildman–Crippen LogP) is 5.07. The van der Waals surface area contributed by atoms with Gasteiger partial charge in [-0.1, -0.05) is 37.8 Å². The van der Waals surface area contributed by atoms with Gasteiger partial charge in [0.1, 0.15) is 5.69 Å². The van der Waals surface area contributed by atoms with Gasteiger partial charge in [0.05, 0.1) is 11.0 Å². The van der Waals surface area contributed by atoms with Gasteiger partial charge in [0, 0.05) is 30.0 Å². The molecule has 2 aliphatic heterocycles. The van der Waals surface area contributed by atoms with Gasteiger partial charge in [-0.25, -0.2) is 4.98 Å². The summed E-state index contributed by atoms with van der Waals surface area (Å²) in [5, 5.41) is 0. The van der Waals surface area contributed by atoms with Gasteiger partial charge in [0.15, 0.2) is 0 Å². The van der Waals surface area contributed by atoms with Gasteiger partial charge in [0.2, 0.25) is 0 Å². The second-order valence-corrected chi connectivity index (χ2v) is 12.9. The number of aromatic nitrogens is 2. The van der Waals surface area contributed by atoms with E-state index < -0.39 is 7.60 Å². The highest BCUT2D eigenvalue weighted by molar-refractivity contribution is 7.55. The fourth-order valence-corrected chi connectivity index (χ4v) is 8.28. The quantitative estimate of drug-likeness (QED) is 0.573. The number of hydrogen-bond acceptors (Lipinski definition) is 4. The van der Waals surface area contributed by atoms with Crippen LogP contribution in [0.4, 0.5) is 0 Å². The highest BCUT2D eigenvalue weighted by Crippen LogP contribution is 2.47. The third kappa shape index (κ3) is 4.69. The van der Waals surface area contributed by atoms with Crippen LogP contribution < -0.4 is 5.56 Å². The number of fused-ring (bicyclic) bond motifs is 5. The van der Waals surface area contributed by atoms with Crippen LogP contribution in [0.1, 0.15) is 82.4 Å². The van der Waals surface area contributed by atoms with Gasteiger partial charge in [0.25, 0.3) is 5.56 Å². The molecular formula is C27H36N3O4P. The number of hydrogen-bond donors (Lipinski definition) is 2. The molecule has 4 bridgehead atoms. The maximum atomic E-state index is 13.6. The van der Waals surface area contributed by atoms with Crippen LogP contribution in [-0.2, 0) is 4.57 Å². The Morgan fingerprint density at radius 1 is 0.857 bits per heavy atom. The van der Waals surface area contributed by atoms with Crippen molar-refractivity contribution >= 4 is 24.7 Å². The largest absolute Gasteiger partial charge is 0.349 e. The molecule has 2 saturated carbocycles. The SMILES string of the molecule is O=c1c(/C=C/P(=O)(O)O)nc2ccccc2n1[C@H]1C[C@H]2CCC[C@@H](C1)N2[C@H]1C[C@@H]2CCC[C@@H](C2)C1. The minimum absolute atomic E-state index is 0.0762. The molecule has 0 spiro atoms. The number of piperidine rings is 2. The molecule has 1 aromatic carbocycles. The Morgan fingerprint density at radius 2 is 1.51 bits per heavy atom. The molecule has 7 nitrogen and oxygen atoms in total. The molecule has 6 rings (SSSR count). The molecule has 0 amide bonds. The molecule has 6 atom stereocenters. The van der Waals surface area contributed by atoms with E-state index in [-0.39, 0.29) is 17.3 Å². The van der Waals surface area contributed by atoms with Crippen molar-refractivity contribution in [3.05, 3.63) is 46.1 Å². The first kappa shape index (κ1) is 23.6. The third-order valence-corrected chi connectivity index (χ3v) is 9.68. The maximum absolute atomic E-state index is 13.6. The van der Waals surface area contributed by atoms with Gasteiger partial charge >= 0.3 is 7.60 Å². The van der Waals surface area contributed by atoms with Crippen LogP contribution in [0.25, 0.3) is 17.1 Å². The van der Waals surface area contributed by atoms with Gasteiger partial charge in [-0.2, -0.15) is 0 Å². The summed E-state index contributed by atoms with van der Waals surface area (Å²) in [4.78, 5) is 39.6. The minimum atomic E-state index is -4.38. The molecule has 2 aromatic rings. The van der Waals surface area contributed by atoms with Gasteiger partial charge < -0.3 is 14.4 Å². The van der Waals surface area contributed by atoms with Crippen LogP contribution in [0.2, 0.25) is 0 Å². The summed E-state index contributed by atoms with van der Waals surface area (Å²) in [6.07, 6.45) is 15.1. The van der Waals surface area contributed by atoms with E-state index >= 15 is 0 Å². The zero-order chi connectivity index (χ0) is 24.2. The van der Waals surface area contributed by atoms with E-state index in [2.05, 4.69) is 9.88 Å². The second kappa shape index (κ2) is 9.26. The van der Waals surface area contributed by atoms with Crippen LogP contribution in [0.3, 0.4) is 0 Å². The molecule has 35 heavy (non-hydrogen) atoms. The van der Waals surface area contributed by atoms with E-state index in [9.17, 15) is 19.1 Å². The van der Waals surface area contributed by atoms with Crippen LogP contribution in [0.15, 0.2) is 34.9 Å². The molecule has 2 aliphatic carbocycles. The van der Waals surface area contributed by atoms with Gasteiger partial charge in [-0.05, 0) is 75.0 Å². The zero-order valence-electron chi connectivity index (χ0n) is 20.2. The summed E-state index contributed by atoms with van der Waals surface area (Å²) in [5.74, 6) is 2.59. The maximum Gasteiger partial charge on any atom is 0.349 e. The smallest absolute Gasteiger partial charge is 0.321 e. The van der Waals surface area contributed by atoms with Crippen molar-refractivity contribution < 1.29 is 14.4 Å². The van der Waals surface area contributed by atoms with Crippen molar-refractivity contribution in [1.82, 2.24) is 14.5 Å². The number of nitrogens with zero attached hydrogens (tertiary/aromatic N) is 3. The van der Waals surface area contributed by atoms with Crippen molar-refractivity contribution in [2.75, 3.05) is 0 Å². The molecule has 4 fully saturated rings. The molecule has 4 aliphatic rings. The summed E-state index contributed by atoms with van der Waals surface area (Å²) >= 11 is 0. The summed E-state index contributed by atoms with van der Waals surface area (Å²) in [7, 11) is -4.38. The standard InChI is InChI=1S/C27H36N3O4P/c31-27-25(11-12-35(32,33)34)28-24-9-1-2-10-26(24)30(27)23-16-20-7-4-8-21(17-23)29(20)22-14-18-5-3-6-19(13-18)15-22/h1-2,9-12,18-23H,3-8,13-17H2,(H2,32,33,34)/b12-11+/t18-,19+,20-,21+,22+,23+. The molecule has 188 valence electrons. The minimum Gasteiger partial charge on any atom is -0.321 e. The third-order valence-electron chi connectivity index (χ3n) is 9.14. The van der Waals surface area contributed by atoms with Crippen molar-refractivity contribution in [2.24, 2.45) is 11.8 Å². The highest BCUT2D eigenvalue weighted by Gasteiger charge is 2.45. The normalized spacial score (nSPS) is 33.9. The van der Waals surface area contributed by atoms with E-state index in [4.69, 9.17) is 0 Å². The van der Waals surface area contributed by atoms with E-state index in [0.717, 1.165) is 36.0 Å². The molecule has 0 unspecified atom stereocenters. The van der Waals surface area contributed by atoms with Crippen molar-refractivity contribution in [3.8, 4) is 0 Å². The molecule has 2 N–H and O–H groups in total. The first-order valence-electron chi connectivity index (χ1n) is 13.4. The lowest BCUT2D eigenvalue weighted by atomic mass is 9.68. The molecule has 3 heterocycles. The summed E-state index contributed by atoms with van der Waals surface area (Å²) in [5.41, 5.74) is 1.34. The average molecular weight is 498 g/mol. The first-order chi connectivity index (χ1) is 16.9. The molecule has 0 radical (unpaired) electrons. The first-order valence-corrected chi connectivity index (χ1v) is 15.1. The second-order valence-electron chi connectivity index (χ2n) is 11.4. The van der Waals surface area contributed by atoms with E-state index in [1.807, 2.05) is 28.8 Å². The molecule has 8 heteroatoms. The Morgan fingerprint density at radius 3 is 2.20 bits per heavy atom. The predicted molar refractivity (Wildman–Crippen MR) is 137 cm³/mol. The zero-order valence-corrected chi connectivity index (χ0v) is 21.1. The highest BCUT2D eigenvalue weighted by atomic mass is 31.2. The summed E-state index contributed by atoms with van der Waals surface area (Å²) in [6.45, 7) is 0. The van der Waals surface area contributed by atoms with Crippen molar-refractivity contribution in [1.29, 1.82) is 0 Å². The van der Waals surface area contributed by atoms with Crippen molar-refractivity contribution in [3.63, 3.8) is 0 Å². The molecular weight excluding hydrogens is 461 g/mol. The Bertz CT molecular complexity index is 1210. The Labute approximate surface area is 206 Å². The van der Waals surface area contributed by atoms with Crippen molar-refractivity contribution in [2.45, 2.75) is 94.8 Å². The van der Waals surface area contributed by atoms with E-state index in [0.29, 0.717) is 23.6 Å². The Balaban J connectivity index is 1.34. The lowest BCUT2D eigenvalue weighted by Gasteiger charge is -2.55. The molecule has 2 saturated heterocycles. The van der Waals surface area contributed by atoms with E-state index in [1.165, 1.54) is 63.9 Å². The van der Waals surface area contributed by atoms with Crippen LogP contribution >= 0.6 is 7.60 Å². The van der Waals surface area contributed by atoms with Crippen LogP contribution in [-0.4, -0.2) is 42.4 Å². The average Bonchev–Trinajstić information content (AvgIpc) is 2.81. The van der Waals surface area contributed by atoms with Crippen LogP contribution in [0, 0.1) is 11.8 Å². The lowest BCUT2D eigenvalue weighted by molar-refractivity contribution is -0.0485. The molecule has 1 aromatic heterocycles. The van der Waals surface area contributed by atoms with Gasteiger partial charge in [-0.15, -0.1) is 0 Å². The fourth-order valence-electron chi connectivity index (χ4n) is 7.95.